The molecule has 3 amide bonds. The van der Waals surface area contributed by atoms with Crippen LogP contribution in [0, 0.1) is 0 Å². The third kappa shape index (κ3) is 9.02. The molecule has 0 rings (SSSR count). The van der Waals surface area contributed by atoms with Crippen LogP contribution in [-0.2, 0) is 19.2 Å². The van der Waals surface area contributed by atoms with Gasteiger partial charge in [-0.1, -0.05) is 0 Å². The van der Waals surface area contributed by atoms with Crippen LogP contribution in [0.3, 0.4) is 0 Å². The second-order valence-electron chi connectivity index (χ2n) is 4.96. The number of unbranched alkanes of at least 4 members (excludes halogenated alkanes) is 1. The van der Waals surface area contributed by atoms with Crippen molar-refractivity contribution in [1.82, 2.24) is 16.0 Å². The molecule has 0 aromatic carbocycles. The van der Waals surface area contributed by atoms with Crippen molar-refractivity contribution in [3.8, 4) is 0 Å². The van der Waals surface area contributed by atoms with Crippen molar-refractivity contribution in [2.45, 2.75) is 31.3 Å². The van der Waals surface area contributed by atoms with Gasteiger partial charge < -0.3 is 37.6 Å². The number of rotatable bonds is 12. The van der Waals surface area contributed by atoms with E-state index in [9.17, 15) is 24.3 Å². The smallest absolute Gasteiger partial charge is 0.322 e. The third-order valence-electron chi connectivity index (χ3n) is 3.01. The first-order chi connectivity index (χ1) is 11.3. The third-order valence-corrected chi connectivity index (χ3v) is 3.01. The molecule has 0 spiro atoms. The van der Waals surface area contributed by atoms with E-state index in [1.54, 1.807) is 0 Å². The molecule has 138 valence electrons. The summed E-state index contributed by atoms with van der Waals surface area (Å²) in [5.74, 6) is -3.34. The summed E-state index contributed by atoms with van der Waals surface area (Å²) in [7, 11) is 0. The maximum absolute atomic E-state index is 12.2. The number of carbonyl (C=O) groups excluding carboxylic acids is 3. The zero-order valence-electron chi connectivity index (χ0n) is 13.3. The Morgan fingerprint density at radius 2 is 1.62 bits per heavy atom. The quantitative estimate of drug-likeness (QED) is 0.175. The van der Waals surface area contributed by atoms with Gasteiger partial charge in [-0.3, -0.25) is 19.2 Å². The number of carbonyl (C=O) groups is 4. The highest BCUT2D eigenvalue weighted by Gasteiger charge is 2.26. The summed E-state index contributed by atoms with van der Waals surface area (Å²) in [6.45, 7) is -1.24. The van der Waals surface area contributed by atoms with E-state index in [2.05, 4.69) is 10.6 Å². The van der Waals surface area contributed by atoms with Crippen molar-refractivity contribution < 1.29 is 29.4 Å². The van der Waals surface area contributed by atoms with Gasteiger partial charge in [0.2, 0.25) is 17.7 Å². The van der Waals surface area contributed by atoms with Crippen molar-refractivity contribution in [2.75, 3.05) is 26.2 Å². The molecule has 0 saturated heterocycles. The van der Waals surface area contributed by atoms with Crippen molar-refractivity contribution in [2.24, 2.45) is 11.5 Å². The maximum atomic E-state index is 12.2. The van der Waals surface area contributed by atoms with Gasteiger partial charge in [0.05, 0.1) is 13.2 Å². The summed E-state index contributed by atoms with van der Waals surface area (Å²) in [6, 6.07) is -2.27. The van der Waals surface area contributed by atoms with Crippen LogP contribution < -0.4 is 27.4 Å². The number of amides is 3. The average molecular weight is 347 g/mol. The molecular weight excluding hydrogens is 322 g/mol. The molecule has 2 unspecified atom stereocenters. The van der Waals surface area contributed by atoms with Gasteiger partial charge >= 0.3 is 5.97 Å². The van der Waals surface area contributed by atoms with Crippen molar-refractivity contribution in [1.29, 1.82) is 0 Å². The first-order valence-corrected chi connectivity index (χ1v) is 7.45. The molecular formula is C13H25N5O6. The summed E-state index contributed by atoms with van der Waals surface area (Å²) in [5.41, 5.74) is 10.6. The Morgan fingerprint density at radius 1 is 0.958 bits per heavy atom. The lowest BCUT2D eigenvalue weighted by Gasteiger charge is -2.21. The number of nitrogens with one attached hydrogen (secondary N) is 3. The minimum Gasteiger partial charge on any atom is -0.480 e. The van der Waals surface area contributed by atoms with Crippen molar-refractivity contribution >= 4 is 23.7 Å². The Bertz CT molecular complexity index is 445. The van der Waals surface area contributed by atoms with E-state index in [4.69, 9.17) is 16.6 Å². The molecule has 0 aliphatic heterocycles. The second kappa shape index (κ2) is 12.2. The van der Waals surface area contributed by atoms with Gasteiger partial charge in [-0.2, -0.15) is 0 Å². The van der Waals surface area contributed by atoms with Crippen LogP contribution in [0.2, 0.25) is 0 Å². The molecule has 2 atom stereocenters. The van der Waals surface area contributed by atoms with E-state index in [-0.39, 0.29) is 13.0 Å². The Morgan fingerprint density at radius 3 is 2.12 bits per heavy atom. The first kappa shape index (κ1) is 21.8. The van der Waals surface area contributed by atoms with Gasteiger partial charge in [-0.05, 0) is 25.8 Å². The molecule has 0 aromatic rings. The predicted octanol–water partition coefficient (Wildman–Crippen LogP) is -3.76. The number of hydrogen-bond donors (Lipinski definition) is 7. The Balaban J connectivity index is 4.74. The van der Waals surface area contributed by atoms with Crippen LogP contribution in [0.4, 0.5) is 0 Å². The lowest BCUT2D eigenvalue weighted by atomic mass is 10.1. The lowest BCUT2D eigenvalue weighted by molar-refractivity contribution is -0.138. The van der Waals surface area contributed by atoms with E-state index in [1.165, 1.54) is 0 Å². The number of hydrogen-bond acceptors (Lipinski definition) is 7. The van der Waals surface area contributed by atoms with Crippen LogP contribution in [-0.4, -0.2) is 72.2 Å². The normalized spacial score (nSPS) is 12.8. The number of aliphatic hydroxyl groups excluding tert-OH is 1. The monoisotopic (exact) mass is 347 g/mol. The zero-order valence-corrected chi connectivity index (χ0v) is 13.3. The Hall–Kier alpha value is -2.24. The highest BCUT2D eigenvalue weighted by Crippen LogP contribution is 2.01. The Kier molecular flexibility index (Phi) is 11.1. The second-order valence-corrected chi connectivity index (χ2v) is 4.96. The molecule has 11 nitrogen and oxygen atoms in total. The molecule has 0 saturated carbocycles. The Labute approximate surface area is 139 Å². The van der Waals surface area contributed by atoms with Gasteiger partial charge in [0.15, 0.2) is 0 Å². The standard InChI is InChI=1S/C13H25N5O6/c14-4-2-1-3-8(17-10(20)5-15)13(24)18-9(7-19)12(23)16-6-11(21)22/h8-9,19H,1-7,14-15H2,(H,16,23)(H,17,20)(H,18,24)(H,21,22). The summed E-state index contributed by atoms with van der Waals surface area (Å²) in [6.07, 6.45) is 1.49. The van der Waals surface area contributed by atoms with E-state index in [1.807, 2.05) is 5.32 Å². The van der Waals surface area contributed by atoms with Gasteiger partial charge in [0.25, 0.3) is 0 Å². The predicted molar refractivity (Wildman–Crippen MR) is 83.6 cm³/mol. The summed E-state index contributed by atoms with van der Waals surface area (Å²) < 4.78 is 0. The van der Waals surface area contributed by atoms with Gasteiger partial charge in [0.1, 0.15) is 18.6 Å². The zero-order chi connectivity index (χ0) is 18.5. The summed E-state index contributed by atoms with van der Waals surface area (Å²) >= 11 is 0. The molecule has 0 aliphatic carbocycles. The fourth-order valence-electron chi connectivity index (χ4n) is 1.77. The molecule has 24 heavy (non-hydrogen) atoms. The summed E-state index contributed by atoms with van der Waals surface area (Å²) in [5, 5.41) is 24.4. The number of carboxylic acid groups (broad SMARTS) is 1. The highest BCUT2D eigenvalue weighted by molar-refractivity contribution is 5.93. The molecule has 0 aromatic heterocycles. The molecule has 0 aliphatic rings. The van der Waals surface area contributed by atoms with Gasteiger partial charge in [-0.25, -0.2) is 0 Å². The van der Waals surface area contributed by atoms with E-state index < -0.39 is 48.9 Å². The van der Waals surface area contributed by atoms with Gasteiger partial charge in [0, 0.05) is 0 Å². The van der Waals surface area contributed by atoms with Crippen LogP contribution in [0.5, 0.6) is 0 Å². The van der Waals surface area contributed by atoms with E-state index in [0.29, 0.717) is 19.4 Å². The van der Waals surface area contributed by atoms with Crippen molar-refractivity contribution in [3.63, 3.8) is 0 Å². The molecule has 0 fully saturated rings. The number of nitrogens with two attached hydrogens (primary N) is 2. The van der Waals surface area contributed by atoms with E-state index >= 15 is 0 Å². The summed E-state index contributed by atoms with van der Waals surface area (Å²) in [4.78, 5) is 45.7. The van der Waals surface area contributed by atoms with Crippen LogP contribution in [0.25, 0.3) is 0 Å². The number of carboxylic acids is 1. The molecule has 0 bridgehead atoms. The van der Waals surface area contributed by atoms with Gasteiger partial charge in [-0.15, -0.1) is 0 Å². The minimum absolute atomic E-state index is 0.281. The molecule has 11 heteroatoms. The average Bonchev–Trinajstić information content (AvgIpc) is 2.56. The molecule has 9 N–H and O–H groups in total. The highest BCUT2D eigenvalue weighted by atomic mass is 16.4. The van der Waals surface area contributed by atoms with Crippen LogP contribution in [0.1, 0.15) is 19.3 Å². The van der Waals surface area contributed by atoms with Crippen molar-refractivity contribution in [3.05, 3.63) is 0 Å². The van der Waals surface area contributed by atoms with E-state index in [0.717, 1.165) is 0 Å². The number of aliphatic carboxylic acids is 1. The van der Waals surface area contributed by atoms with Crippen LogP contribution >= 0.6 is 0 Å². The topological polar surface area (TPSA) is 197 Å². The lowest BCUT2D eigenvalue weighted by Crippen LogP contribution is -2.55. The SMILES string of the molecule is NCCCCC(NC(=O)CN)C(=O)NC(CO)C(=O)NCC(=O)O. The fourth-order valence-corrected chi connectivity index (χ4v) is 1.77. The largest absolute Gasteiger partial charge is 0.480 e. The molecule has 0 heterocycles. The minimum atomic E-state index is -1.33. The van der Waals surface area contributed by atoms with Crippen LogP contribution in [0.15, 0.2) is 0 Å². The molecule has 0 radical (unpaired) electrons. The maximum Gasteiger partial charge on any atom is 0.322 e. The fraction of sp³-hybridized carbons (Fsp3) is 0.692. The number of aliphatic hydroxyl groups is 1. The first-order valence-electron chi connectivity index (χ1n) is 7.45.